The van der Waals surface area contributed by atoms with E-state index in [4.69, 9.17) is 4.42 Å². The summed E-state index contributed by atoms with van der Waals surface area (Å²) in [5, 5.41) is 13.5. The van der Waals surface area contributed by atoms with Gasteiger partial charge in [-0.15, -0.1) is 10.2 Å². The first kappa shape index (κ1) is 26.9. The van der Waals surface area contributed by atoms with Crippen molar-refractivity contribution in [1.29, 1.82) is 0 Å². The molecule has 0 saturated carbocycles. The zero-order chi connectivity index (χ0) is 31.2. The summed E-state index contributed by atoms with van der Waals surface area (Å²) in [6, 6.07) is 59.1. The standard InChI is InChI=1S/C42H28N4O/c1-3-13-33(14-4-1)45(36-25-26-40-38(28-36)37-17-9-10-18-39(37)46(40)34-15-5-2-6-16-34)35-23-21-30(22-24-35)41-43-44-42(47-41)32-20-19-29-11-7-8-12-31(29)27-32/h1-28H. The van der Waals surface area contributed by atoms with E-state index in [1.807, 2.05) is 36.4 Å². The molecule has 9 aromatic rings. The second kappa shape index (κ2) is 11.2. The molecule has 0 radical (unpaired) electrons. The lowest BCUT2D eigenvalue weighted by Crippen LogP contribution is -2.09. The summed E-state index contributed by atoms with van der Waals surface area (Å²) < 4.78 is 8.50. The van der Waals surface area contributed by atoms with Crippen LogP contribution in [0.15, 0.2) is 174 Å². The molecule has 0 aliphatic rings. The summed E-state index contributed by atoms with van der Waals surface area (Å²) in [5.74, 6) is 0.991. The van der Waals surface area contributed by atoms with E-state index in [1.165, 1.54) is 27.2 Å². The normalized spacial score (nSPS) is 11.4. The molecule has 0 saturated heterocycles. The number of hydrogen-bond acceptors (Lipinski definition) is 4. The highest BCUT2D eigenvalue weighted by Gasteiger charge is 2.18. The van der Waals surface area contributed by atoms with Gasteiger partial charge in [0.2, 0.25) is 11.8 Å². The molecule has 0 aliphatic carbocycles. The molecule has 5 heteroatoms. The molecule has 2 heterocycles. The lowest BCUT2D eigenvalue weighted by molar-refractivity contribution is 0.584. The average molecular weight is 605 g/mol. The van der Waals surface area contributed by atoms with Crippen molar-refractivity contribution < 1.29 is 4.42 Å². The van der Waals surface area contributed by atoms with E-state index < -0.39 is 0 Å². The van der Waals surface area contributed by atoms with E-state index in [9.17, 15) is 0 Å². The molecule has 0 fully saturated rings. The summed E-state index contributed by atoms with van der Waals surface area (Å²) in [6.07, 6.45) is 0. The summed E-state index contributed by atoms with van der Waals surface area (Å²) in [7, 11) is 0. The zero-order valence-corrected chi connectivity index (χ0v) is 25.4. The number of benzene rings is 7. The van der Waals surface area contributed by atoms with Gasteiger partial charge >= 0.3 is 0 Å². The van der Waals surface area contributed by atoms with Crippen LogP contribution in [0.25, 0.3) is 61.2 Å². The van der Waals surface area contributed by atoms with Crippen LogP contribution in [-0.4, -0.2) is 14.8 Å². The summed E-state index contributed by atoms with van der Waals surface area (Å²) in [5.41, 5.74) is 8.44. The van der Waals surface area contributed by atoms with Crippen LogP contribution in [0.3, 0.4) is 0 Å². The third-order valence-electron chi connectivity index (χ3n) is 8.74. The Morgan fingerprint density at radius 2 is 1.02 bits per heavy atom. The summed E-state index contributed by atoms with van der Waals surface area (Å²) >= 11 is 0. The Morgan fingerprint density at radius 1 is 0.426 bits per heavy atom. The second-order valence-electron chi connectivity index (χ2n) is 11.6. The maximum Gasteiger partial charge on any atom is 0.248 e. The average Bonchev–Trinajstić information content (AvgIpc) is 3.76. The van der Waals surface area contributed by atoms with Gasteiger partial charge in [-0.25, -0.2) is 0 Å². The minimum Gasteiger partial charge on any atom is -0.416 e. The van der Waals surface area contributed by atoms with Gasteiger partial charge < -0.3 is 13.9 Å². The number of hydrogen-bond donors (Lipinski definition) is 0. The monoisotopic (exact) mass is 604 g/mol. The first-order chi connectivity index (χ1) is 23.3. The fourth-order valence-electron chi connectivity index (χ4n) is 6.51. The van der Waals surface area contributed by atoms with Gasteiger partial charge in [0.15, 0.2) is 0 Å². The van der Waals surface area contributed by atoms with Gasteiger partial charge in [0.1, 0.15) is 0 Å². The Hall–Kier alpha value is -6.46. The van der Waals surface area contributed by atoms with Crippen molar-refractivity contribution in [2.45, 2.75) is 0 Å². The van der Waals surface area contributed by atoms with Gasteiger partial charge in [-0.3, -0.25) is 0 Å². The number of nitrogens with zero attached hydrogens (tertiary/aromatic N) is 4. The van der Waals surface area contributed by atoms with Crippen molar-refractivity contribution in [3.63, 3.8) is 0 Å². The molecule has 0 N–H and O–H groups in total. The zero-order valence-electron chi connectivity index (χ0n) is 25.4. The fraction of sp³-hybridized carbons (Fsp3) is 0. The quantitative estimate of drug-likeness (QED) is 0.189. The Labute approximate surface area is 271 Å². The molecule has 9 rings (SSSR count). The van der Waals surface area contributed by atoms with Gasteiger partial charge in [0, 0.05) is 44.6 Å². The maximum atomic E-state index is 6.16. The number of para-hydroxylation sites is 3. The topological polar surface area (TPSA) is 47.1 Å². The van der Waals surface area contributed by atoms with Crippen LogP contribution in [0.1, 0.15) is 0 Å². The molecule has 222 valence electrons. The van der Waals surface area contributed by atoms with Gasteiger partial charge in [0.25, 0.3) is 0 Å². The molecule has 0 aliphatic heterocycles. The van der Waals surface area contributed by atoms with Gasteiger partial charge in [0.05, 0.1) is 11.0 Å². The van der Waals surface area contributed by atoms with Crippen LogP contribution in [0.5, 0.6) is 0 Å². The number of anilines is 3. The summed E-state index contributed by atoms with van der Waals surface area (Å²) in [6.45, 7) is 0. The van der Waals surface area contributed by atoms with Gasteiger partial charge in [-0.1, -0.05) is 84.9 Å². The first-order valence-corrected chi connectivity index (χ1v) is 15.7. The molecule has 0 atom stereocenters. The van der Waals surface area contributed by atoms with E-state index in [0.717, 1.165) is 39.3 Å². The highest BCUT2D eigenvalue weighted by molar-refractivity contribution is 6.10. The molecular formula is C42H28N4O. The van der Waals surface area contributed by atoms with Crippen LogP contribution < -0.4 is 4.90 Å². The minimum atomic E-state index is 0.487. The second-order valence-corrected chi connectivity index (χ2v) is 11.6. The van der Waals surface area contributed by atoms with Gasteiger partial charge in [-0.05, 0) is 95.7 Å². The molecule has 2 aromatic heterocycles. The van der Waals surface area contributed by atoms with Crippen molar-refractivity contribution in [2.75, 3.05) is 4.90 Å². The molecule has 5 nitrogen and oxygen atoms in total. The van der Waals surface area contributed by atoms with E-state index in [0.29, 0.717) is 11.8 Å². The van der Waals surface area contributed by atoms with Crippen LogP contribution >= 0.6 is 0 Å². The SMILES string of the molecule is c1ccc(N(c2ccc(-c3nnc(-c4ccc5ccccc5c4)o3)cc2)c2ccc3c(c2)c2ccccc2n3-c2ccccc2)cc1. The third-order valence-corrected chi connectivity index (χ3v) is 8.74. The van der Waals surface area contributed by atoms with Crippen molar-refractivity contribution >= 4 is 49.6 Å². The van der Waals surface area contributed by atoms with Crippen molar-refractivity contribution in [3.05, 3.63) is 170 Å². The lowest BCUT2D eigenvalue weighted by atomic mass is 10.1. The highest BCUT2D eigenvalue weighted by Crippen LogP contribution is 2.40. The van der Waals surface area contributed by atoms with Crippen LogP contribution in [0.4, 0.5) is 17.1 Å². The largest absolute Gasteiger partial charge is 0.416 e. The fourth-order valence-corrected chi connectivity index (χ4v) is 6.51. The molecule has 0 spiro atoms. The molecule has 0 bridgehead atoms. The number of rotatable bonds is 6. The minimum absolute atomic E-state index is 0.487. The molecule has 7 aromatic carbocycles. The van der Waals surface area contributed by atoms with Crippen molar-refractivity contribution in [2.24, 2.45) is 0 Å². The van der Waals surface area contributed by atoms with Crippen molar-refractivity contribution in [1.82, 2.24) is 14.8 Å². The molecule has 47 heavy (non-hydrogen) atoms. The lowest BCUT2D eigenvalue weighted by Gasteiger charge is -2.25. The van der Waals surface area contributed by atoms with Crippen molar-refractivity contribution in [3.8, 4) is 28.6 Å². The summed E-state index contributed by atoms with van der Waals surface area (Å²) in [4.78, 5) is 2.28. The Bertz CT molecular complexity index is 2520. The third kappa shape index (κ3) is 4.73. The predicted molar refractivity (Wildman–Crippen MR) is 192 cm³/mol. The van der Waals surface area contributed by atoms with E-state index in [1.54, 1.807) is 0 Å². The van der Waals surface area contributed by atoms with Crippen LogP contribution in [-0.2, 0) is 0 Å². The maximum absolute atomic E-state index is 6.16. The van der Waals surface area contributed by atoms with Crippen LogP contribution in [0, 0.1) is 0 Å². The van der Waals surface area contributed by atoms with Crippen LogP contribution in [0.2, 0.25) is 0 Å². The molecule has 0 amide bonds. The Balaban J connectivity index is 1.11. The number of fused-ring (bicyclic) bond motifs is 4. The van der Waals surface area contributed by atoms with E-state index in [2.05, 4.69) is 153 Å². The number of aromatic nitrogens is 3. The predicted octanol–water partition coefficient (Wildman–Crippen LogP) is 11.1. The van der Waals surface area contributed by atoms with E-state index in [-0.39, 0.29) is 0 Å². The smallest absolute Gasteiger partial charge is 0.248 e. The highest BCUT2D eigenvalue weighted by atomic mass is 16.4. The Morgan fingerprint density at radius 3 is 1.83 bits per heavy atom. The molecular weight excluding hydrogens is 576 g/mol. The Kier molecular flexibility index (Phi) is 6.39. The van der Waals surface area contributed by atoms with E-state index >= 15 is 0 Å². The first-order valence-electron chi connectivity index (χ1n) is 15.7. The van der Waals surface area contributed by atoms with Gasteiger partial charge in [-0.2, -0.15) is 0 Å². The molecule has 0 unspecified atom stereocenters.